The lowest BCUT2D eigenvalue weighted by Crippen LogP contribution is -2.00. The van der Waals surface area contributed by atoms with E-state index >= 15 is 0 Å². The van der Waals surface area contributed by atoms with Gasteiger partial charge in [0.15, 0.2) is 0 Å². The Morgan fingerprint density at radius 1 is 1.26 bits per heavy atom. The highest BCUT2D eigenvalue weighted by Crippen LogP contribution is 2.21. The molecule has 2 N–H and O–H groups in total. The van der Waals surface area contributed by atoms with Crippen molar-refractivity contribution in [1.29, 1.82) is 0 Å². The molecule has 108 valence electrons. The third kappa shape index (κ3) is 6.44. The minimum atomic E-state index is 0.791. The van der Waals surface area contributed by atoms with Crippen LogP contribution in [0.15, 0.2) is 18.2 Å². The summed E-state index contributed by atoms with van der Waals surface area (Å²) in [5, 5.41) is 0. The van der Waals surface area contributed by atoms with Crippen LogP contribution in [-0.2, 0) is 11.2 Å². The van der Waals surface area contributed by atoms with Gasteiger partial charge in [-0.2, -0.15) is 0 Å². The quantitative estimate of drug-likeness (QED) is 0.601. The topological polar surface area (TPSA) is 35.2 Å². The van der Waals surface area contributed by atoms with Crippen LogP contribution in [-0.4, -0.2) is 13.2 Å². The fourth-order valence-electron chi connectivity index (χ4n) is 1.95. The van der Waals surface area contributed by atoms with Gasteiger partial charge in [0.05, 0.1) is 0 Å². The van der Waals surface area contributed by atoms with Crippen molar-refractivity contribution in [2.75, 3.05) is 18.9 Å². The molecule has 0 unspecified atom stereocenters. The Balaban J connectivity index is 0.00000154. The molecular formula is C17H29NO. The third-order valence-electron chi connectivity index (χ3n) is 2.86. The second kappa shape index (κ2) is 10.6. The number of anilines is 1. The molecule has 0 bridgehead atoms. The Labute approximate surface area is 118 Å². The molecular weight excluding hydrogens is 234 g/mol. The Morgan fingerprint density at radius 2 is 1.95 bits per heavy atom. The lowest BCUT2D eigenvalue weighted by molar-refractivity contribution is 0.145. The minimum absolute atomic E-state index is 0.791. The molecule has 0 spiro atoms. The zero-order valence-corrected chi connectivity index (χ0v) is 13.1. The van der Waals surface area contributed by atoms with E-state index in [9.17, 15) is 0 Å². The van der Waals surface area contributed by atoms with Crippen LogP contribution in [0.3, 0.4) is 0 Å². The van der Waals surface area contributed by atoms with Crippen LogP contribution in [0.5, 0.6) is 0 Å². The number of hydrogen-bond acceptors (Lipinski definition) is 2. The Hall–Kier alpha value is -1.28. The third-order valence-corrected chi connectivity index (χ3v) is 2.86. The highest BCUT2D eigenvalue weighted by molar-refractivity contribution is 5.61. The van der Waals surface area contributed by atoms with E-state index in [1.165, 1.54) is 16.7 Å². The predicted molar refractivity (Wildman–Crippen MR) is 86.5 cm³/mol. The second-order valence-electron chi connectivity index (χ2n) is 4.19. The Morgan fingerprint density at radius 3 is 2.53 bits per heavy atom. The van der Waals surface area contributed by atoms with Crippen LogP contribution in [0, 0.1) is 6.92 Å². The van der Waals surface area contributed by atoms with Crippen molar-refractivity contribution in [3.05, 3.63) is 34.9 Å². The molecule has 0 saturated carbocycles. The maximum absolute atomic E-state index is 5.92. The molecule has 0 aromatic heterocycles. The number of allylic oxidation sites excluding steroid dienone is 1. The lowest BCUT2D eigenvalue weighted by atomic mass is 9.97. The molecule has 2 nitrogen and oxygen atoms in total. The first-order valence-electron chi connectivity index (χ1n) is 7.28. The van der Waals surface area contributed by atoms with Gasteiger partial charge in [0, 0.05) is 18.9 Å². The van der Waals surface area contributed by atoms with E-state index < -0.39 is 0 Å². The average molecular weight is 263 g/mol. The molecule has 0 fully saturated rings. The van der Waals surface area contributed by atoms with E-state index in [0.29, 0.717) is 0 Å². The van der Waals surface area contributed by atoms with Crippen molar-refractivity contribution in [2.45, 2.75) is 47.5 Å². The largest absolute Gasteiger partial charge is 0.399 e. The van der Waals surface area contributed by atoms with Gasteiger partial charge < -0.3 is 10.5 Å². The van der Waals surface area contributed by atoms with Gasteiger partial charge >= 0.3 is 0 Å². The van der Waals surface area contributed by atoms with E-state index in [0.717, 1.165) is 31.7 Å². The monoisotopic (exact) mass is 263 g/mol. The first kappa shape index (κ1) is 17.7. The molecule has 0 aliphatic rings. The van der Waals surface area contributed by atoms with E-state index in [1.807, 2.05) is 39.8 Å². The van der Waals surface area contributed by atoms with Crippen molar-refractivity contribution >= 4 is 11.8 Å². The molecule has 2 heteroatoms. The van der Waals surface area contributed by atoms with Crippen LogP contribution in [0.25, 0.3) is 6.08 Å². The normalized spacial score (nSPS) is 10.4. The zero-order valence-electron chi connectivity index (χ0n) is 13.1. The summed E-state index contributed by atoms with van der Waals surface area (Å²) in [4.78, 5) is 0. The molecule has 0 saturated heterocycles. The fourth-order valence-corrected chi connectivity index (χ4v) is 1.95. The summed E-state index contributed by atoms with van der Waals surface area (Å²) in [6.07, 6.45) is 6.23. The first-order chi connectivity index (χ1) is 9.19. The van der Waals surface area contributed by atoms with Gasteiger partial charge in [-0.05, 0) is 62.4 Å². The summed E-state index contributed by atoms with van der Waals surface area (Å²) in [5.41, 5.74) is 10.6. The molecule has 0 heterocycles. The molecule has 19 heavy (non-hydrogen) atoms. The van der Waals surface area contributed by atoms with Gasteiger partial charge in [0.2, 0.25) is 0 Å². The predicted octanol–water partition coefficient (Wildman–Crippen LogP) is 4.61. The van der Waals surface area contributed by atoms with Crippen LogP contribution in [0.4, 0.5) is 5.69 Å². The van der Waals surface area contributed by atoms with Gasteiger partial charge in [-0.1, -0.05) is 26.0 Å². The standard InChI is InChI=1S/C15H23NO.C2H6/c1-4-7-13-10-15(16)11-14(12(13)3)8-6-9-17-5-2;1-2/h4,7,10-11H,5-6,8-9,16H2,1-3H3;1-2H3/b7-4-;. The summed E-state index contributed by atoms with van der Waals surface area (Å²) >= 11 is 0. The maximum Gasteiger partial charge on any atom is 0.0469 e. The van der Waals surface area contributed by atoms with Crippen molar-refractivity contribution in [1.82, 2.24) is 0 Å². The van der Waals surface area contributed by atoms with Gasteiger partial charge in [0.25, 0.3) is 0 Å². The number of benzene rings is 1. The summed E-state index contributed by atoms with van der Waals surface area (Å²) in [6, 6.07) is 4.11. The lowest BCUT2D eigenvalue weighted by Gasteiger charge is -2.11. The number of nitrogens with two attached hydrogens (primary N) is 1. The zero-order chi connectivity index (χ0) is 14.7. The van der Waals surface area contributed by atoms with Gasteiger partial charge in [-0.25, -0.2) is 0 Å². The van der Waals surface area contributed by atoms with E-state index in [-0.39, 0.29) is 0 Å². The Bertz CT molecular complexity index is 383. The molecule has 1 rings (SSSR count). The molecule has 0 radical (unpaired) electrons. The molecule has 0 aliphatic carbocycles. The second-order valence-corrected chi connectivity index (χ2v) is 4.19. The number of hydrogen-bond donors (Lipinski definition) is 1. The number of rotatable bonds is 6. The molecule has 0 atom stereocenters. The minimum Gasteiger partial charge on any atom is -0.399 e. The van der Waals surface area contributed by atoms with Crippen LogP contribution < -0.4 is 5.73 Å². The maximum atomic E-state index is 5.92. The van der Waals surface area contributed by atoms with Crippen LogP contribution in [0.2, 0.25) is 0 Å². The smallest absolute Gasteiger partial charge is 0.0469 e. The summed E-state index contributed by atoms with van der Waals surface area (Å²) in [5.74, 6) is 0. The average Bonchev–Trinajstić information content (AvgIpc) is 2.42. The number of aryl methyl sites for hydroxylation is 1. The van der Waals surface area contributed by atoms with Crippen molar-refractivity contribution in [3.63, 3.8) is 0 Å². The van der Waals surface area contributed by atoms with E-state index in [1.54, 1.807) is 0 Å². The Kier molecular flexibility index (Phi) is 9.91. The van der Waals surface area contributed by atoms with Crippen LogP contribution in [0.1, 0.15) is 50.8 Å². The number of ether oxygens (including phenoxy) is 1. The van der Waals surface area contributed by atoms with Crippen LogP contribution >= 0.6 is 0 Å². The molecule has 1 aromatic carbocycles. The van der Waals surface area contributed by atoms with Gasteiger partial charge in [0.1, 0.15) is 0 Å². The molecule has 0 amide bonds. The molecule has 0 aliphatic heterocycles. The van der Waals surface area contributed by atoms with E-state index in [2.05, 4.69) is 19.1 Å². The van der Waals surface area contributed by atoms with Gasteiger partial charge in [-0.15, -0.1) is 0 Å². The van der Waals surface area contributed by atoms with Gasteiger partial charge in [-0.3, -0.25) is 0 Å². The highest BCUT2D eigenvalue weighted by atomic mass is 16.5. The SMILES string of the molecule is C/C=C\c1cc(N)cc(CCCOCC)c1C.CC. The number of nitrogen functional groups attached to an aromatic ring is 1. The molecule has 1 aromatic rings. The summed E-state index contributed by atoms with van der Waals surface area (Å²) < 4.78 is 5.36. The van der Waals surface area contributed by atoms with Crippen molar-refractivity contribution < 1.29 is 4.74 Å². The summed E-state index contributed by atoms with van der Waals surface area (Å²) in [6.45, 7) is 11.8. The van der Waals surface area contributed by atoms with Crippen molar-refractivity contribution in [2.24, 2.45) is 0 Å². The summed E-state index contributed by atoms with van der Waals surface area (Å²) in [7, 11) is 0. The van der Waals surface area contributed by atoms with E-state index in [4.69, 9.17) is 10.5 Å². The highest BCUT2D eigenvalue weighted by Gasteiger charge is 2.04. The first-order valence-corrected chi connectivity index (χ1v) is 7.28. The fraction of sp³-hybridized carbons (Fsp3) is 0.529. The van der Waals surface area contributed by atoms with Crippen molar-refractivity contribution in [3.8, 4) is 0 Å².